The van der Waals surface area contributed by atoms with Gasteiger partial charge in [-0.2, -0.15) is 13.2 Å². The Morgan fingerprint density at radius 3 is 2.79 bits per heavy atom. The van der Waals surface area contributed by atoms with Crippen LogP contribution in [0.25, 0.3) is 11.3 Å². The van der Waals surface area contributed by atoms with Crippen LogP contribution < -0.4 is 9.47 Å². The van der Waals surface area contributed by atoms with E-state index in [9.17, 15) is 18.0 Å². The van der Waals surface area contributed by atoms with Gasteiger partial charge in [0.2, 0.25) is 5.91 Å². The van der Waals surface area contributed by atoms with Gasteiger partial charge in [-0.25, -0.2) is 0 Å². The molecule has 3 heterocycles. The van der Waals surface area contributed by atoms with Crippen molar-refractivity contribution in [2.24, 2.45) is 0 Å². The Hall–Kier alpha value is -2.52. The lowest BCUT2D eigenvalue weighted by molar-refractivity contribution is -0.137. The van der Waals surface area contributed by atoms with Crippen molar-refractivity contribution in [3.05, 3.63) is 40.5 Å². The van der Waals surface area contributed by atoms with Gasteiger partial charge in [-0.3, -0.25) is 9.78 Å². The topological polar surface area (TPSA) is 60.9 Å². The second kappa shape index (κ2) is 9.77. The first-order valence-corrected chi connectivity index (χ1v) is 11.2. The Labute approximate surface area is 194 Å². The average molecular weight is 485 g/mol. The quantitative estimate of drug-likeness (QED) is 0.590. The van der Waals surface area contributed by atoms with Crippen molar-refractivity contribution in [1.82, 2.24) is 9.88 Å². The molecule has 1 aromatic carbocycles. The van der Waals surface area contributed by atoms with E-state index < -0.39 is 11.7 Å². The van der Waals surface area contributed by atoms with Crippen LogP contribution in [-0.4, -0.2) is 48.3 Å². The van der Waals surface area contributed by atoms with Crippen LogP contribution in [0.1, 0.15) is 37.3 Å². The molecule has 0 spiro atoms. The highest BCUT2D eigenvalue weighted by atomic mass is 35.5. The van der Waals surface area contributed by atoms with Crippen molar-refractivity contribution >= 4 is 17.5 Å². The number of hydrogen-bond donors (Lipinski definition) is 0. The lowest BCUT2D eigenvalue weighted by atomic mass is 10.0. The second-order valence-corrected chi connectivity index (χ2v) is 8.39. The van der Waals surface area contributed by atoms with Gasteiger partial charge in [0, 0.05) is 36.9 Å². The summed E-state index contributed by atoms with van der Waals surface area (Å²) in [6.45, 7) is 3.78. The standard InChI is InChI=1S/C23H24ClF3N2O4/c1-2-20(30)29-5-7-32-22-15(12-29)8-14(9-19(22)33-13-17-4-3-6-31-17)21-18(24)10-16(11-28-21)23(25,26)27/h8-11,17H,2-7,12-13H2,1H3. The number of fused-ring (bicyclic) bond motifs is 1. The predicted molar refractivity (Wildman–Crippen MR) is 115 cm³/mol. The molecule has 1 aromatic heterocycles. The van der Waals surface area contributed by atoms with Crippen LogP contribution in [0.2, 0.25) is 5.02 Å². The molecule has 178 valence electrons. The van der Waals surface area contributed by atoms with E-state index in [0.717, 1.165) is 25.1 Å². The molecule has 33 heavy (non-hydrogen) atoms. The summed E-state index contributed by atoms with van der Waals surface area (Å²) in [5.41, 5.74) is 0.409. The molecule has 4 rings (SSSR count). The van der Waals surface area contributed by atoms with Crippen molar-refractivity contribution in [3.8, 4) is 22.8 Å². The fourth-order valence-electron chi connectivity index (χ4n) is 3.93. The fraction of sp³-hybridized carbons (Fsp3) is 0.478. The molecule has 1 unspecified atom stereocenters. The maximum atomic E-state index is 13.1. The number of benzene rings is 1. The minimum absolute atomic E-state index is 0.0237. The summed E-state index contributed by atoms with van der Waals surface area (Å²) in [4.78, 5) is 18.0. The summed E-state index contributed by atoms with van der Waals surface area (Å²) in [5.74, 6) is 0.900. The summed E-state index contributed by atoms with van der Waals surface area (Å²) >= 11 is 6.20. The summed E-state index contributed by atoms with van der Waals surface area (Å²) < 4.78 is 56.8. The molecule has 0 radical (unpaired) electrons. The summed E-state index contributed by atoms with van der Waals surface area (Å²) in [6, 6.07) is 4.25. The van der Waals surface area contributed by atoms with Crippen molar-refractivity contribution in [2.75, 3.05) is 26.4 Å². The molecular weight excluding hydrogens is 461 g/mol. The largest absolute Gasteiger partial charge is 0.487 e. The van der Waals surface area contributed by atoms with Crippen molar-refractivity contribution < 1.29 is 32.2 Å². The lowest BCUT2D eigenvalue weighted by Crippen LogP contribution is -2.31. The van der Waals surface area contributed by atoms with Crippen LogP contribution >= 0.6 is 11.6 Å². The Morgan fingerprint density at radius 1 is 1.30 bits per heavy atom. The molecule has 0 bridgehead atoms. The number of alkyl halides is 3. The van der Waals surface area contributed by atoms with Gasteiger partial charge in [0.1, 0.15) is 13.2 Å². The number of hydrogen-bond acceptors (Lipinski definition) is 5. The third-order valence-corrected chi connectivity index (χ3v) is 5.93. The van der Waals surface area contributed by atoms with E-state index in [1.165, 1.54) is 0 Å². The highest BCUT2D eigenvalue weighted by Crippen LogP contribution is 2.41. The zero-order chi connectivity index (χ0) is 23.6. The van der Waals surface area contributed by atoms with E-state index in [2.05, 4.69) is 4.98 Å². The zero-order valence-corrected chi connectivity index (χ0v) is 18.8. The van der Waals surface area contributed by atoms with Gasteiger partial charge < -0.3 is 19.1 Å². The summed E-state index contributed by atoms with van der Waals surface area (Å²) in [7, 11) is 0. The maximum Gasteiger partial charge on any atom is 0.417 e. The molecule has 2 aliphatic rings. The van der Waals surface area contributed by atoms with Crippen molar-refractivity contribution in [3.63, 3.8) is 0 Å². The highest BCUT2D eigenvalue weighted by Gasteiger charge is 2.32. The number of ether oxygens (including phenoxy) is 3. The van der Waals surface area contributed by atoms with E-state index in [1.54, 1.807) is 24.0 Å². The van der Waals surface area contributed by atoms with Gasteiger partial charge in [-0.1, -0.05) is 18.5 Å². The zero-order valence-electron chi connectivity index (χ0n) is 18.1. The number of carbonyl (C=O) groups excluding carboxylic acids is 1. The summed E-state index contributed by atoms with van der Waals surface area (Å²) in [5, 5.41) is -0.133. The number of rotatable bonds is 5. The molecule has 6 nitrogen and oxygen atoms in total. The van der Waals surface area contributed by atoms with E-state index >= 15 is 0 Å². The van der Waals surface area contributed by atoms with Crippen LogP contribution in [0, 0.1) is 0 Å². The molecular formula is C23H24ClF3N2O4. The number of carbonyl (C=O) groups is 1. The summed E-state index contributed by atoms with van der Waals surface area (Å²) in [6.07, 6.45) is -1.64. The van der Waals surface area contributed by atoms with Gasteiger partial charge in [0.25, 0.3) is 0 Å². The molecule has 1 amide bonds. The first kappa shape index (κ1) is 23.6. The lowest BCUT2D eigenvalue weighted by Gasteiger charge is -2.20. The van der Waals surface area contributed by atoms with Gasteiger partial charge >= 0.3 is 6.18 Å². The maximum absolute atomic E-state index is 13.1. The molecule has 1 saturated heterocycles. The minimum atomic E-state index is -4.55. The Morgan fingerprint density at radius 2 is 2.12 bits per heavy atom. The van der Waals surface area contributed by atoms with Crippen LogP contribution in [0.4, 0.5) is 13.2 Å². The van der Waals surface area contributed by atoms with Crippen molar-refractivity contribution in [2.45, 2.75) is 45.0 Å². The van der Waals surface area contributed by atoms with E-state index in [-0.39, 0.29) is 29.3 Å². The van der Waals surface area contributed by atoms with E-state index in [1.807, 2.05) is 0 Å². The third-order valence-electron chi connectivity index (χ3n) is 5.65. The molecule has 2 aromatic rings. The number of nitrogens with zero attached hydrogens (tertiary/aromatic N) is 2. The van der Waals surface area contributed by atoms with E-state index in [4.69, 9.17) is 25.8 Å². The number of aromatic nitrogens is 1. The van der Waals surface area contributed by atoms with Crippen LogP contribution in [0.5, 0.6) is 11.5 Å². The van der Waals surface area contributed by atoms with Gasteiger partial charge in [0.15, 0.2) is 11.5 Å². The first-order valence-electron chi connectivity index (χ1n) is 10.8. The van der Waals surface area contributed by atoms with Crippen LogP contribution in [0.3, 0.4) is 0 Å². The average Bonchev–Trinajstić information content (AvgIpc) is 3.21. The van der Waals surface area contributed by atoms with Crippen LogP contribution in [0.15, 0.2) is 24.4 Å². The normalized spacial score (nSPS) is 18.5. The monoisotopic (exact) mass is 484 g/mol. The smallest absolute Gasteiger partial charge is 0.417 e. The van der Waals surface area contributed by atoms with E-state index in [0.29, 0.717) is 55.4 Å². The van der Waals surface area contributed by atoms with Crippen LogP contribution in [-0.2, 0) is 22.3 Å². The molecule has 0 saturated carbocycles. The first-order chi connectivity index (χ1) is 15.8. The number of pyridine rings is 1. The number of halogens is 4. The molecule has 2 aliphatic heterocycles. The molecule has 1 atom stereocenters. The van der Waals surface area contributed by atoms with Crippen molar-refractivity contribution in [1.29, 1.82) is 0 Å². The minimum Gasteiger partial charge on any atom is -0.487 e. The molecule has 0 N–H and O–H groups in total. The highest BCUT2D eigenvalue weighted by molar-refractivity contribution is 6.33. The Kier molecular flexibility index (Phi) is 6.99. The molecule has 1 fully saturated rings. The fourth-order valence-corrected chi connectivity index (χ4v) is 4.20. The Balaban J connectivity index is 1.73. The van der Waals surface area contributed by atoms with Gasteiger partial charge in [-0.05, 0) is 31.0 Å². The van der Waals surface area contributed by atoms with Gasteiger partial charge in [-0.15, -0.1) is 0 Å². The second-order valence-electron chi connectivity index (χ2n) is 7.98. The third kappa shape index (κ3) is 5.35. The Bertz CT molecular complexity index is 1030. The predicted octanol–water partition coefficient (Wildman–Crippen LogP) is 5.11. The molecule has 10 heteroatoms. The van der Waals surface area contributed by atoms with Gasteiger partial charge in [0.05, 0.1) is 28.9 Å². The molecule has 0 aliphatic carbocycles. The SMILES string of the molecule is CCC(=O)N1CCOc2c(cc(-c3ncc(C(F)(F)F)cc3Cl)cc2OCC2CCCO2)C1. The number of amides is 1.